The zero-order valence-electron chi connectivity index (χ0n) is 12.5. The van der Waals surface area contributed by atoms with Gasteiger partial charge in [-0.25, -0.2) is 0 Å². The first-order valence-electron chi connectivity index (χ1n) is 6.67. The van der Waals surface area contributed by atoms with E-state index in [1.165, 1.54) is 7.11 Å². The van der Waals surface area contributed by atoms with E-state index in [2.05, 4.69) is 15.3 Å². The van der Waals surface area contributed by atoms with E-state index in [1.807, 2.05) is 0 Å². The van der Waals surface area contributed by atoms with Crippen LogP contribution < -0.4 is 5.32 Å². The van der Waals surface area contributed by atoms with Crippen LogP contribution in [0.5, 0.6) is 0 Å². The van der Waals surface area contributed by atoms with Crippen LogP contribution in [-0.2, 0) is 14.4 Å². The predicted molar refractivity (Wildman–Crippen MR) is 79.2 cm³/mol. The first-order valence-corrected chi connectivity index (χ1v) is 6.67. The van der Waals surface area contributed by atoms with E-state index in [0.29, 0.717) is 5.56 Å². The maximum absolute atomic E-state index is 11.9. The molecule has 1 aromatic carbocycles. The van der Waals surface area contributed by atoms with Crippen molar-refractivity contribution in [1.29, 1.82) is 0 Å². The molecule has 0 fully saturated rings. The van der Waals surface area contributed by atoms with Crippen LogP contribution >= 0.6 is 0 Å². The average Bonchev–Trinajstić information content (AvgIpc) is 2.44. The monoisotopic (exact) mass is 292 g/mol. The van der Waals surface area contributed by atoms with Crippen LogP contribution in [0, 0.1) is 0 Å². The molecule has 6 heteroatoms. The molecule has 0 heterocycles. The normalized spacial score (nSPS) is 10.7. The van der Waals surface area contributed by atoms with Crippen LogP contribution in [-0.4, -0.2) is 37.8 Å². The van der Waals surface area contributed by atoms with Gasteiger partial charge in [0.05, 0.1) is 18.7 Å². The van der Waals surface area contributed by atoms with Crippen molar-refractivity contribution in [3.63, 3.8) is 0 Å². The standard InChI is InChI=1S/C15H20N2O4/c1-11(2)21-14(18)8-9-16-15(19)13-6-4-12(5-7-13)10-17-20-3/h4-7,10-11H,8-9H2,1-3H3,(H,16,19)/b17-10+. The molecule has 0 aliphatic rings. The van der Waals surface area contributed by atoms with Crippen LogP contribution in [0.25, 0.3) is 0 Å². The Morgan fingerprint density at radius 2 is 1.95 bits per heavy atom. The molecule has 0 atom stereocenters. The predicted octanol–water partition coefficient (Wildman–Crippen LogP) is 1.74. The fourth-order valence-corrected chi connectivity index (χ4v) is 1.54. The number of hydrogen-bond donors (Lipinski definition) is 1. The second-order valence-corrected chi connectivity index (χ2v) is 4.58. The van der Waals surface area contributed by atoms with Crippen LogP contribution in [0.4, 0.5) is 0 Å². The van der Waals surface area contributed by atoms with Crippen molar-refractivity contribution in [3.05, 3.63) is 35.4 Å². The lowest BCUT2D eigenvalue weighted by Crippen LogP contribution is -2.27. The van der Waals surface area contributed by atoms with Gasteiger partial charge >= 0.3 is 5.97 Å². The Labute approximate surface area is 124 Å². The van der Waals surface area contributed by atoms with Crippen molar-refractivity contribution in [1.82, 2.24) is 5.32 Å². The topological polar surface area (TPSA) is 77.0 Å². The van der Waals surface area contributed by atoms with Crippen LogP contribution in [0.1, 0.15) is 36.2 Å². The van der Waals surface area contributed by atoms with Gasteiger partial charge in [0.25, 0.3) is 5.91 Å². The minimum atomic E-state index is -0.323. The number of carbonyl (C=O) groups is 2. The summed E-state index contributed by atoms with van der Waals surface area (Å²) in [4.78, 5) is 27.7. The fraction of sp³-hybridized carbons (Fsp3) is 0.400. The highest BCUT2D eigenvalue weighted by atomic mass is 16.6. The van der Waals surface area contributed by atoms with Gasteiger partial charge in [0.1, 0.15) is 7.11 Å². The lowest BCUT2D eigenvalue weighted by Gasteiger charge is -2.08. The Morgan fingerprint density at radius 1 is 1.29 bits per heavy atom. The van der Waals surface area contributed by atoms with Crippen LogP contribution in [0.15, 0.2) is 29.4 Å². The second-order valence-electron chi connectivity index (χ2n) is 4.58. The highest BCUT2D eigenvalue weighted by Gasteiger charge is 2.08. The molecule has 0 aliphatic carbocycles. The molecule has 0 bridgehead atoms. The maximum atomic E-state index is 11.9. The molecule has 0 radical (unpaired) electrons. The van der Waals surface area contributed by atoms with Gasteiger partial charge in [-0.3, -0.25) is 9.59 Å². The molecular formula is C15H20N2O4. The fourth-order valence-electron chi connectivity index (χ4n) is 1.54. The first-order chi connectivity index (χ1) is 10.0. The Hall–Kier alpha value is -2.37. The Morgan fingerprint density at radius 3 is 2.52 bits per heavy atom. The van der Waals surface area contributed by atoms with Gasteiger partial charge in [-0.2, -0.15) is 0 Å². The van der Waals surface area contributed by atoms with Crippen molar-refractivity contribution < 1.29 is 19.2 Å². The smallest absolute Gasteiger partial charge is 0.307 e. The van der Waals surface area contributed by atoms with E-state index in [1.54, 1.807) is 44.3 Å². The van der Waals surface area contributed by atoms with Crippen molar-refractivity contribution in [3.8, 4) is 0 Å². The highest BCUT2D eigenvalue weighted by molar-refractivity contribution is 5.95. The van der Waals surface area contributed by atoms with Gasteiger partial charge in [0, 0.05) is 12.1 Å². The van der Waals surface area contributed by atoms with Crippen molar-refractivity contribution >= 4 is 18.1 Å². The Balaban J connectivity index is 2.42. The molecule has 0 aromatic heterocycles. The number of ether oxygens (including phenoxy) is 1. The molecule has 1 aromatic rings. The zero-order chi connectivity index (χ0) is 15.7. The van der Waals surface area contributed by atoms with E-state index in [9.17, 15) is 9.59 Å². The largest absolute Gasteiger partial charge is 0.463 e. The lowest BCUT2D eigenvalue weighted by atomic mass is 10.1. The Kier molecular flexibility index (Phi) is 6.94. The number of benzene rings is 1. The number of rotatable bonds is 7. The summed E-state index contributed by atoms with van der Waals surface area (Å²) in [5.74, 6) is -0.556. The average molecular weight is 292 g/mol. The summed E-state index contributed by atoms with van der Waals surface area (Å²) < 4.78 is 4.97. The molecule has 6 nitrogen and oxygen atoms in total. The van der Waals surface area contributed by atoms with E-state index < -0.39 is 0 Å². The number of carbonyl (C=O) groups excluding carboxylic acids is 2. The van der Waals surface area contributed by atoms with E-state index >= 15 is 0 Å². The third-order valence-corrected chi connectivity index (χ3v) is 2.46. The van der Waals surface area contributed by atoms with E-state index in [4.69, 9.17) is 4.74 Å². The molecule has 0 aliphatic heterocycles. The third kappa shape index (κ3) is 6.56. The van der Waals surface area contributed by atoms with E-state index in [0.717, 1.165) is 5.56 Å². The summed E-state index contributed by atoms with van der Waals surface area (Å²) >= 11 is 0. The van der Waals surface area contributed by atoms with Crippen LogP contribution in [0.3, 0.4) is 0 Å². The highest BCUT2D eigenvalue weighted by Crippen LogP contribution is 2.03. The summed E-state index contributed by atoms with van der Waals surface area (Å²) in [6, 6.07) is 6.87. The molecule has 0 saturated heterocycles. The van der Waals surface area contributed by atoms with Crippen molar-refractivity contribution in [2.24, 2.45) is 5.16 Å². The van der Waals surface area contributed by atoms with Crippen LogP contribution in [0.2, 0.25) is 0 Å². The molecule has 0 saturated carbocycles. The molecule has 1 rings (SSSR count). The quantitative estimate of drug-likeness (QED) is 0.472. The third-order valence-electron chi connectivity index (χ3n) is 2.46. The van der Waals surface area contributed by atoms with Crippen molar-refractivity contribution in [2.45, 2.75) is 26.4 Å². The molecule has 21 heavy (non-hydrogen) atoms. The molecule has 114 valence electrons. The van der Waals surface area contributed by atoms with Gasteiger partial charge in [-0.15, -0.1) is 0 Å². The number of amides is 1. The van der Waals surface area contributed by atoms with E-state index in [-0.39, 0.29) is 30.9 Å². The summed E-state index contributed by atoms with van der Waals surface area (Å²) in [6.07, 6.45) is 1.56. The SMILES string of the molecule is CO/N=C/c1ccc(C(=O)NCCC(=O)OC(C)C)cc1. The maximum Gasteiger partial charge on any atom is 0.307 e. The number of esters is 1. The molecular weight excluding hydrogens is 272 g/mol. The number of nitrogens with zero attached hydrogens (tertiary/aromatic N) is 1. The lowest BCUT2D eigenvalue weighted by molar-refractivity contribution is -0.147. The zero-order valence-corrected chi connectivity index (χ0v) is 12.5. The van der Waals surface area contributed by atoms with Gasteiger partial charge in [0.15, 0.2) is 0 Å². The molecule has 1 N–H and O–H groups in total. The molecule has 0 spiro atoms. The molecule has 0 unspecified atom stereocenters. The van der Waals surface area contributed by atoms with Gasteiger partial charge in [0.2, 0.25) is 0 Å². The summed E-state index contributed by atoms with van der Waals surface area (Å²) in [7, 11) is 1.46. The summed E-state index contributed by atoms with van der Waals surface area (Å²) in [5.41, 5.74) is 1.34. The number of nitrogens with one attached hydrogen (secondary N) is 1. The Bertz CT molecular complexity index is 495. The van der Waals surface area contributed by atoms with Gasteiger partial charge < -0.3 is 14.9 Å². The first kappa shape index (κ1) is 16.7. The second kappa shape index (κ2) is 8.73. The number of oxime groups is 1. The van der Waals surface area contributed by atoms with Crippen molar-refractivity contribution in [2.75, 3.05) is 13.7 Å². The minimum Gasteiger partial charge on any atom is -0.463 e. The van der Waals surface area contributed by atoms with Gasteiger partial charge in [-0.05, 0) is 31.5 Å². The van der Waals surface area contributed by atoms with Gasteiger partial charge in [-0.1, -0.05) is 17.3 Å². The summed E-state index contributed by atoms with van der Waals surface area (Å²) in [5, 5.41) is 6.30. The number of hydrogen-bond acceptors (Lipinski definition) is 5. The summed E-state index contributed by atoms with van der Waals surface area (Å²) in [6.45, 7) is 3.81. The minimum absolute atomic E-state index is 0.144. The molecule has 1 amide bonds.